The Labute approximate surface area is 171 Å². The zero-order valence-electron chi connectivity index (χ0n) is 15.5. The molecule has 1 amide bonds. The summed E-state index contributed by atoms with van der Waals surface area (Å²) in [4.78, 5) is 24.9. The summed E-state index contributed by atoms with van der Waals surface area (Å²) >= 11 is 1.73. The van der Waals surface area contributed by atoms with Crippen LogP contribution in [0.4, 0.5) is 0 Å². The van der Waals surface area contributed by atoms with Crippen LogP contribution in [0.15, 0.2) is 63.2 Å². The highest BCUT2D eigenvalue weighted by Crippen LogP contribution is 2.38. The van der Waals surface area contributed by atoms with Gasteiger partial charge in [0.05, 0.1) is 6.26 Å². The average molecular weight is 406 g/mol. The largest absolute Gasteiger partial charge is 0.467 e. The summed E-state index contributed by atoms with van der Waals surface area (Å²) in [6.45, 7) is 0.667. The topological polar surface area (TPSA) is 85.3 Å². The van der Waals surface area contributed by atoms with Crippen LogP contribution < -0.4 is 0 Å². The summed E-state index contributed by atoms with van der Waals surface area (Å²) in [5.41, 5.74) is 1.80. The second-order valence-corrected chi connectivity index (χ2v) is 7.78. The molecule has 146 valence electrons. The van der Waals surface area contributed by atoms with Crippen LogP contribution in [0.1, 0.15) is 34.6 Å². The van der Waals surface area contributed by atoms with E-state index in [-0.39, 0.29) is 11.9 Å². The number of carbonyl (C=O) groups is 1. The monoisotopic (exact) mass is 406 g/mol. The molecule has 0 spiro atoms. The highest BCUT2D eigenvalue weighted by Gasteiger charge is 2.34. The first-order valence-corrected chi connectivity index (χ1v) is 10.3. The second-order valence-electron chi connectivity index (χ2n) is 6.78. The average Bonchev–Trinajstić information content (AvgIpc) is 3.53. The maximum atomic E-state index is 13.1. The summed E-state index contributed by atoms with van der Waals surface area (Å²) in [6, 6.07) is 11.2. The molecule has 0 N–H and O–H groups in total. The van der Waals surface area contributed by atoms with Gasteiger partial charge in [-0.2, -0.15) is 4.98 Å². The van der Waals surface area contributed by atoms with Gasteiger partial charge >= 0.3 is 0 Å². The summed E-state index contributed by atoms with van der Waals surface area (Å²) in [6.07, 6.45) is 4.87. The number of hydrogen-bond acceptors (Lipinski definition) is 7. The standard InChI is InChI=1S/C21H18N4O3S/c26-19(7-6-18-23-21(24-28-18)15-4-1-2-10-22-15)25-11-8-17-14(9-13-29-17)20(25)16-5-3-12-27-16/h1-5,9-10,12-13,20H,6-8,11H2/t20-/m1/s1. The normalized spacial score (nSPS) is 16.0. The van der Waals surface area contributed by atoms with E-state index in [0.717, 1.165) is 17.7 Å². The van der Waals surface area contributed by atoms with Gasteiger partial charge in [-0.3, -0.25) is 9.78 Å². The molecule has 0 bridgehead atoms. The molecule has 1 aliphatic heterocycles. The van der Waals surface area contributed by atoms with E-state index in [1.165, 1.54) is 4.88 Å². The number of furan rings is 1. The van der Waals surface area contributed by atoms with Crippen molar-refractivity contribution in [3.05, 3.63) is 76.3 Å². The lowest BCUT2D eigenvalue weighted by Crippen LogP contribution is -2.40. The van der Waals surface area contributed by atoms with Gasteiger partial charge in [-0.05, 0) is 47.7 Å². The van der Waals surface area contributed by atoms with Gasteiger partial charge < -0.3 is 13.8 Å². The minimum Gasteiger partial charge on any atom is -0.467 e. The van der Waals surface area contributed by atoms with Gasteiger partial charge in [0.1, 0.15) is 17.5 Å². The first-order valence-electron chi connectivity index (χ1n) is 9.43. The van der Waals surface area contributed by atoms with Gasteiger partial charge in [-0.1, -0.05) is 11.2 Å². The third-order valence-electron chi connectivity index (χ3n) is 5.01. The van der Waals surface area contributed by atoms with Crippen molar-refractivity contribution in [2.45, 2.75) is 25.3 Å². The fourth-order valence-corrected chi connectivity index (χ4v) is 4.56. The van der Waals surface area contributed by atoms with Gasteiger partial charge in [-0.15, -0.1) is 11.3 Å². The Kier molecular flexibility index (Phi) is 4.69. The van der Waals surface area contributed by atoms with Gasteiger partial charge in [0.2, 0.25) is 17.6 Å². The Morgan fingerprint density at radius 2 is 2.21 bits per heavy atom. The Balaban J connectivity index is 1.31. The summed E-state index contributed by atoms with van der Waals surface area (Å²) in [5.74, 6) is 1.69. The van der Waals surface area contributed by atoms with Gasteiger partial charge in [0.25, 0.3) is 0 Å². The molecule has 8 heteroatoms. The Hall–Kier alpha value is -3.26. The molecule has 0 saturated heterocycles. The number of pyridine rings is 1. The maximum absolute atomic E-state index is 13.1. The third-order valence-corrected chi connectivity index (χ3v) is 6.01. The van der Waals surface area contributed by atoms with E-state index in [0.29, 0.717) is 36.8 Å². The SMILES string of the molecule is O=C(CCc1nc(-c2ccccn2)no1)N1CCc2sccc2[C@@H]1c1ccco1. The Morgan fingerprint density at radius 3 is 3.03 bits per heavy atom. The molecule has 0 aliphatic carbocycles. The smallest absolute Gasteiger partial charge is 0.227 e. The van der Waals surface area contributed by atoms with E-state index in [2.05, 4.69) is 26.6 Å². The van der Waals surface area contributed by atoms with E-state index in [1.807, 2.05) is 35.2 Å². The van der Waals surface area contributed by atoms with Crippen LogP contribution in [-0.2, 0) is 17.6 Å². The first-order chi connectivity index (χ1) is 14.3. The van der Waals surface area contributed by atoms with Crippen molar-refractivity contribution in [2.24, 2.45) is 0 Å². The Bertz CT molecular complexity index is 1100. The summed E-state index contributed by atoms with van der Waals surface area (Å²) < 4.78 is 11.0. The number of aromatic nitrogens is 3. The van der Waals surface area contributed by atoms with Crippen LogP contribution in [-0.4, -0.2) is 32.5 Å². The molecule has 0 unspecified atom stereocenters. The van der Waals surface area contributed by atoms with Crippen LogP contribution in [0.3, 0.4) is 0 Å². The molecular weight excluding hydrogens is 388 g/mol. The van der Waals surface area contributed by atoms with E-state index in [9.17, 15) is 4.79 Å². The van der Waals surface area contributed by atoms with Gasteiger partial charge in [-0.25, -0.2) is 0 Å². The number of aryl methyl sites for hydroxylation is 1. The maximum Gasteiger partial charge on any atom is 0.227 e. The van der Waals surface area contributed by atoms with Crippen molar-refractivity contribution in [3.63, 3.8) is 0 Å². The fourth-order valence-electron chi connectivity index (χ4n) is 3.65. The molecule has 4 aromatic heterocycles. The predicted octanol–water partition coefficient (Wildman–Crippen LogP) is 3.89. The number of rotatable bonds is 5. The quantitative estimate of drug-likeness (QED) is 0.500. The molecule has 0 saturated carbocycles. The number of carbonyl (C=O) groups excluding carboxylic acids is 1. The van der Waals surface area contributed by atoms with Crippen molar-refractivity contribution in [1.29, 1.82) is 0 Å². The van der Waals surface area contributed by atoms with Crippen LogP contribution in [0.25, 0.3) is 11.5 Å². The zero-order chi connectivity index (χ0) is 19.6. The third kappa shape index (κ3) is 3.47. The predicted molar refractivity (Wildman–Crippen MR) is 106 cm³/mol. The molecule has 1 aliphatic rings. The molecule has 4 aromatic rings. The molecule has 0 aromatic carbocycles. The van der Waals surface area contributed by atoms with E-state index >= 15 is 0 Å². The molecule has 29 heavy (non-hydrogen) atoms. The van der Waals surface area contributed by atoms with Crippen LogP contribution in [0.5, 0.6) is 0 Å². The number of amides is 1. The summed E-state index contributed by atoms with van der Waals surface area (Å²) in [7, 11) is 0. The lowest BCUT2D eigenvalue weighted by Gasteiger charge is -2.34. The number of nitrogens with zero attached hydrogens (tertiary/aromatic N) is 4. The van der Waals surface area contributed by atoms with Crippen molar-refractivity contribution in [3.8, 4) is 11.5 Å². The molecule has 7 nitrogen and oxygen atoms in total. The van der Waals surface area contributed by atoms with Gasteiger partial charge in [0, 0.05) is 30.5 Å². The zero-order valence-corrected chi connectivity index (χ0v) is 16.3. The van der Waals surface area contributed by atoms with Crippen LogP contribution in [0, 0.1) is 0 Å². The van der Waals surface area contributed by atoms with Crippen LogP contribution >= 0.6 is 11.3 Å². The van der Waals surface area contributed by atoms with E-state index in [4.69, 9.17) is 8.94 Å². The van der Waals surface area contributed by atoms with Crippen LogP contribution in [0.2, 0.25) is 0 Å². The second kappa shape index (κ2) is 7.63. The molecule has 5 rings (SSSR count). The van der Waals surface area contributed by atoms with Gasteiger partial charge in [0.15, 0.2) is 0 Å². The van der Waals surface area contributed by atoms with E-state index < -0.39 is 0 Å². The highest BCUT2D eigenvalue weighted by atomic mass is 32.1. The molecular formula is C21H18N4O3S. The fraction of sp³-hybridized carbons (Fsp3) is 0.238. The van der Waals surface area contributed by atoms with Crippen molar-refractivity contribution >= 4 is 17.2 Å². The molecule has 5 heterocycles. The Morgan fingerprint density at radius 1 is 1.24 bits per heavy atom. The molecule has 1 atom stereocenters. The minimum atomic E-state index is -0.181. The van der Waals surface area contributed by atoms with Crippen molar-refractivity contribution in [1.82, 2.24) is 20.0 Å². The minimum absolute atomic E-state index is 0.0424. The lowest BCUT2D eigenvalue weighted by atomic mass is 9.97. The van der Waals surface area contributed by atoms with E-state index in [1.54, 1.807) is 23.8 Å². The molecule has 0 radical (unpaired) electrons. The van der Waals surface area contributed by atoms with Crippen molar-refractivity contribution < 1.29 is 13.7 Å². The number of thiophene rings is 1. The highest BCUT2D eigenvalue weighted by molar-refractivity contribution is 7.10. The van der Waals surface area contributed by atoms with Crippen molar-refractivity contribution in [2.75, 3.05) is 6.54 Å². The summed E-state index contributed by atoms with van der Waals surface area (Å²) in [5, 5.41) is 6.04. The first kappa shape index (κ1) is 17.8. The number of fused-ring (bicyclic) bond motifs is 1. The number of hydrogen-bond donors (Lipinski definition) is 0. The lowest BCUT2D eigenvalue weighted by molar-refractivity contribution is -0.133. The molecule has 0 fully saturated rings.